The van der Waals surface area contributed by atoms with Gasteiger partial charge in [0.1, 0.15) is 0 Å². The molecule has 0 spiro atoms. The van der Waals surface area contributed by atoms with Crippen LogP contribution in [0, 0.1) is 0 Å². The molecule has 13 heavy (non-hydrogen) atoms. The Labute approximate surface area is 73.8 Å². The average Bonchev–Trinajstić information content (AvgIpc) is 2.05. The molecule has 0 rings (SSSR count). The first-order valence-corrected chi connectivity index (χ1v) is 3.64. The Morgan fingerprint density at radius 1 is 0.923 bits per heavy atom. The van der Waals surface area contributed by atoms with Crippen molar-refractivity contribution in [2.75, 3.05) is 13.7 Å². The summed E-state index contributed by atoms with van der Waals surface area (Å²) in [4.78, 5) is 21.0. The first-order valence-electron chi connectivity index (χ1n) is 3.64. The normalized spacial score (nSPS) is 9.38. The summed E-state index contributed by atoms with van der Waals surface area (Å²) in [6.45, 7) is -2.35. The van der Waals surface area contributed by atoms with Crippen molar-refractivity contribution in [3.8, 4) is 0 Å². The van der Waals surface area contributed by atoms with Crippen LogP contribution in [0.25, 0.3) is 0 Å². The van der Waals surface area contributed by atoms with Crippen LogP contribution in [0.1, 0.15) is 19.3 Å². The van der Waals surface area contributed by atoms with Gasteiger partial charge in [-0.1, -0.05) is 0 Å². The number of halogens is 2. The Morgan fingerprint density at radius 2 is 1.31 bits per heavy atom. The van der Waals surface area contributed by atoms with Crippen LogP contribution in [0.5, 0.6) is 0 Å². The highest BCUT2D eigenvalue weighted by atomic mass is 19.1. The summed E-state index contributed by atoms with van der Waals surface area (Å²) < 4.78 is 30.6. The molecule has 0 unspecified atom stereocenters. The number of ether oxygens (including phenoxy) is 2. The second-order valence-electron chi connectivity index (χ2n) is 2.10. The molecule has 0 aliphatic rings. The molecule has 0 aliphatic carbocycles. The fourth-order valence-corrected chi connectivity index (χ4v) is 0.643. The summed E-state index contributed by atoms with van der Waals surface area (Å²) in [5, 5.41) is 0. The fourth-order valence-electron chi connectivity index (χ4n) is 0.643. The third-order valence-corrected chi connectivity index (χ3v) is 1.19. The lowest BCUT2D eigenvalue weighted by atomic mass is 10.2. The van der Waals surface area contributed by atoms with E-state index in [2.05, 4.69) is 9.47 Å². The highest BCUT2D eigenvalue weighted by Gasteiger charge is 2.06. The number of carbonyl (C=O) groups excluding carboxylic acids is 2. The predicted molar refractivity (Wildman–Crippen MR) is 38.0 cm³/mol. The van der Waals surface area contributed by atoms with Gasteiger partial charge >= 0.3 is 11.9 Å². The van der Waals surface area contributed by atoms with Crippen molar-refractivity contribution in [2.24, 2.45) is 0 Å². The monoisotopic (exact) mass is 196 g/mol. The molecule has 0 aliphatic heterocycles. The minimum Gasteiger partial charge on any atom is -0.434 e. The Morgan fingerprint density at radius 3 is 1.62 bits per heavy atom. The third-order valence-electron chi connectivity index (χ3n) is 1.19. The molecule has 0 radical (unpaired) electrons. The summed E-state index contributed by atoms with van der Waals surface area (Å²) >= 11 is 0. The van der Waals surface area contributed by atoms with E-state index in [-0.39, 0.29) is 19.3 Å². The van der Waals surface area contributed by atoms with E-state index in [9.17, 15) is 18.4 Å². The molecule has 0 aromatic carbocycles. The Hall–Kier alpha value is -1.20. The lowest BCUT2D eigenvalue weighted by molar-refractivity contribution is -0.149. The van der Waals surface area contributed by atoms with Crippen LogP contribution in [-0.2, 0) is 19.1 Å². The van der Waals surface area contributed by atoms with Gasteiger partial charge in [0.15, 0.2) is 0 Å². The van der Waals surface area contributed by atoms with E-state index in [0.29, 0.717) is 0 Å². The lowest BCUT2D eigenvalue weighted by Gasteiger charge is -1.99. The number of alkyl halides is 2. The lowest BCUT2D eigenvalue weighted by Crippen LogP contribution is -2.07. The highest BCUT2D eigenvalue weighted by Crippen LogP contribution is 1.99. The van der Waals surface area contributed by atoms with Crippen molar-refractivity contribution in [2.45, 2.75) is 19.3 Å². The van der Waals surface area contributed by atoms with Gasteiger partial charge in [-0.15, -0.1) is 0 Å². The zero-order chi connectivity index (χ0) is 10.1. The van der Waals surface area contributed by atoms with Crippen molar-refractivity contribution in [3.63, 3.8) is 0 Å². The van der Waals surface area contributed by atoms with E-state index in [1.807, 2.05) is 0 Å². The zero-order valence-electron chi connectivity index (χ0n) is 6.92. The van der Waals surface area contributed by atoms with Crippen molar-refractivity contribution in [3.05, 3.63) is 0 Å². The summed E-state index contributed by atoms with van der Waals surface area (Å²) in [5.41, 5.74) is 0. The van der Waals surface area contributed by atoms with Crippen molar-refractivity contribution >= 4 is 11.9 Å². The van der Waals surface area contributed by atoms with Crippen LogP contribution >= 0.6 is 0 Å². The largest absolute Gasteiger partial charge is 0.434 e. The minimum atomic E-state index is -1.17. The average molecular weight is 196 g/mol. The maximum atomic E-state index is 11.4. The maximum Gasteiger partial charge on any atom is 0.308 e. The van der Waals surface area contributed by atoms with Crippen molar-refractivity contribution < 1.29 is 27.8 Å². The standard InChI is InChI=1S/C7H10F2O4/c8-4-12-6(10)2-1-3-7(11)13-5-9/h1-5H2. The number of hydrogen-bond acceptors (Lipinski definition) is 4. The molecular weight excluding hydrogens is 186 g/mol. The van der Waals surface area contributed by atoms with E-state index in [4.69, 9.17) is 0 Å². The summed E-state index contributed by atoms with van der Waals surface area (Å²) in [5.74, 6) is -1.45. The van der Waals surface area contributed by atoms with Gasteiger partial charge in [0, 0.05) is 12.8 Å². The van der Waals surface area contributed by atoms with Gasteiger partial charge in [-0.25, -0.2) is 8.78 Å². The van der Waals surface area contributed by atoms with Gasteiger partial charge in [-0.3, -0.25) is 9.59 Å². The second kappa shape index (κ2) is 7.45. The number of carbonyl (C=O) groups is 2. The molecule has 0 N–H and O–H groups in total. The van der Waals surface area contributed by atoms with Gasteiger partial charge in [0.25, 0.3) is 0 Å². The Balaban J connectivity index is 3.33. The second-order valence-corrected chi connectivity index (χ2v) is 2.10. The first-order chi connectivity index (χ1) is 6.20. The summed E-state index contributed by atoms with van der Waals surface area (Å²) in [6, 6.07) is 0. The van der Waals surface area contributed by atoms with E-state index in [0.717, 1.165) is 0 Å². The molecule has 0 saturated carbocycles. The number of rotatable bonds is 6. The molecule has 0 atom stereocenters. The quantitative estimate of drug-likeness (QED) is 0.597. The molecule has 0 amide bonds. The van der Waals surface area contributed by atoms with E-state index >= 15 is 0 Å². The molecule has 6 heteroatoms. The van der Waals surface area contributed by atoms with Crippen molar-refractivity contribution in [1.82, 2.24) is 0 Å². The van der Waals surface area contributed by atoms with Crippen LogP contribution < -0.4 is 0 Å². The van der Waals surface area contributed by atoms with Crippen LogP contribution in [0.3, 0.4) is 0 Å². The first kappa shape index (κ1) is 11.8. The topological polar surface area (TPSA) is 52.6 Å². The Kier molecular flexibility index (Phi) is 6.76. The van der Waals surface area contributed by atoms with Gasteiger partial charge in [-0.2, -0.15) is 0 Å². The van der Waals surface area contributed by atoms with E-state index in [1.54, 1.807) is 0 Å². The predicted octanol–water partition coefficient (Wildman–Crippen LogP) is 1.10. The van der Waals surface area contributed by atoms with Crippen molar-refractivity contribution in [1.29, 1.82) is 0 Å². The van der Waals surface area contributed by atoms with Crippen LogP contribution in [-0.4, -0.2) is 25.7 Å². The smallest absolute Gasteiger partial charge is 0.308 e. The van der Waals surface area contributed by atoms with Gasteiger partial charge < -0.3 is 9.47 Å². The molecule has 0 aromatic rings. The molecule has 4 nitrogen and oxygen atoms in total. The summed E-state index contributed by atoms with van der Waals surface area (Å²) in [7, 11) is 0. The fraction of sp³-hybridized carbons (Fsp3) is 0.714. The van der Waals surface area contributed by atoms with Gasteiger partial charge in [-0.05, 0) is 6.42 Å². The van der Waals surface area contributed by atoms with Gasteiger partial charge in [0.05, 0.1) is 0 Å². The molecule has 0 aromatic heterocycles. The van der Waals surface area contributed by atoms with E-state index in [1.165, 1.54) is 0 Å². The van der Waals surface area contributed by atoms with Gasteiger partial charge in [0.2, 0.25) is 13.7 Å². The highest BCUT2D eigenvalue weighted by molar-refractivity contribution is 5.72. The van der Waals surface area contributed by atoms with Crippen LogP contribution in [0.15, 0.2) is 0 Å². The summed E-state index contributed by atoms with van der Waals surface area (Å²) in [6.07, 6.45) is 0.00821. The molecule has 0 heterocycles. The minimum absolute atomic E-state index is 0.0781. The molecule has 76 valence electrons. The van der Waals surface area contributed by atoms with Crippen LogP contribution in [0.2, 0.25) is 0 Å². The molecule has 0 bridgehead atoms. The number of esters is 2. The molecular formula is C7H10F2O4. The number of hydrogen-bond donors (Lipinski definition) is 0. The van der Waals surface area contributed by atoms with Crippen LogP contribution in [0.4, 0.5) is 8.78 Å². The SMILES string of the molecule is O=C(CCCC(=O)OCF)OCF. The zero-order valence-corrected chi connectivity index (χ0v) is 6.92. The molecule has 0 saturated heterocycles. The molecule has 0 fully saturated rings. The third kappa shape index (κ3) is 7.17. The maximum absolute atomic E-state index is 11.4. The van der Waals surface area contributed by atoms with E-state index < -0.39 is 25.7 Å². The Bertz CT molecular complexity index is 154.